The van der Waals surface area contributed by atoms with E-state index in [0.29, 0.717) is 12.8 Å². The normalized spacial score (nSPS) is 42.1. The van der Waals surface area contributed by atoms with Gasteiger partial charge >= 0.3 is 0 Å². The number of hydrogen-bond donors (Lipinski definition) is 3. The molecule has 9 heteroatoms. The molecule has 0 aromatic carbocycles. The number of nitrogens with zero attached hydrogens (tertiary/aromatic N) is 1. The van der Waals surface area contributed by atoms with Crippen molar-refractivity contribution in [1.82, 2.24) is 0 Å². The third kappa shape index (κ3) is 2.79. The number of aliphatic hydroxyl groups is 3. The number of unbranched alkanes of at least 4 members (excludes halogenated alkanes) is 1. The molecular formula is C13H23NO8. The lowest BCUT2D eigenvalue weighted by Gasteiger charge is -2.40. The SMILES string of the molecule is CC1O[C@@]2(C)[C@H](OC[C@]2(O)C(O)CCCCO[N+](=O)[O-])[C@@H]1O. The maximum absolute atomic E-state index is 10.8. The van der Waals surface area contributed by atoms with Gasteiger partial charge in [0.1, 0.15) is 23.4 Å². The molecule has 2 heterocycles. The third-order valence-corrected chi connectivity index (χ3v) is 4.73. The van der Waals surface area contributed by atoms with Crippen LogP contribution in [0.15, 0.2) is 0 Å². The number of ether oxygens (including phenoxy) is 2. The quantitative estimate of drug-likeness (QED) is 0.321. The first-order valence-electron chi connectivity index (χ1n) is 7.37. The van der Waals surface area contributed by atoms with Crippen LogP contribution < -0.4 is 0 Å². The molecule has 0 bridgehead atoms. The van der Waals surface area contributed by atoms with Crippen molar-refractivity contribution in [2.45, 2.75) is 68.7 Å². The Morgan fingerprint density at radius 3 is 2.82 bits per heavy atom. The molecule has 0 aromatic heterocycles. The number of fused-ring (bicyclic) bond motifs is 1. The molecule has 9 nitrogen and oxygen atoms in total. The molecule has 2 rings (SSSR count). The molecule has 2 saturated heterocycles. The molecule has 0 aliphatic carbocycles. The molecule has 2 unspecified atom stereocenters. The van der Waals surface area contributed by atoms with Crippen LogP contribution in [-0.2, 0) is 14.3 Å². The number of aliphatic hydroxyl groups excluding tert-OH is 2. The van der Waals surface area contributed by atoms with Crippen molar-refractivity contribution < 1.29 is 34.7 Å². The van der Waals surface area contributed by atoms with Crippen LogP contribution in [-0.4, -0.2) is 69.2 Å². The van der Waals surface area contributed by atoms with Crippen LogP contribution in [0.1, 0.15) is 33.1 Å². The van der Waals surface area contributed by atoms with E-state index in [1.807, 2.05) is 0 Å². The fourth-order valence-electron chi connectivity index (χ4n) is 3.31. The van der Waals surface area contributed by atoms with Crippen LogP contribution in [0.3, 0.4) is 0 Å². The van der Waals surface area contributed by atoms with Gasteiger partial charge in [0.2, 0.25) is 0 Å². The highest BCUT2D eigenvalue weighted by Crippen LogP contribution is 2.48. The predicted molar refractivity (Wildman–Crippen MR) is 72.5 cm³/mol. The zero-order valence-electron chi connectivity index (χ0n) is 12.7. The Hall–Kier alpha value is -1.00. The molecular weight excluding hydrogens is 298 g/mol. The highest BCUT2D eigenvalue weighted by atomic mass is 16.9. The first kappa shape index (κ1) is 17.4. The molecule has 2 aliphatic heterocycles. The Morgan fingerprint density at radius 2 is 2.18 bits per heavy atom. The summed E-state index contributed by atoms with van der Waals surface area (Å²) in [4.78, 5) is 14.2. The van der Waals surface area contributed by atoms with E-state index in [4.69, 9.17) is 9.47 Å². The molecule has 0 aromatic rings. The molecule has 2 aliphatic rings. The van der Waals surface area contributed by atoms with Crippen LogP contribution in [0, 0.1) is 10.1 Å². The Morgan fingerprint density at radius 1 is 1.50 bits per heavy atom. The van der Waals surface area contributed by atoms with E-state index in [-0.39, 0.29) is 19.6 Å². The number of hydrogen-bond acceptors (Lipinski definition) is 8. The largest absolute Gasteiger partial charge is 0.390 e. The van der Waals surface area contributed by atoms with Gasteiger partial charge in [0.15, 0.2) is 0 Å². The fourth-order valence-corrected chi connectivity index (χ4v) is 3.31. The minimum atomic E-state index is -1.63. The highest BCUT2D eigenvalue weighted by molar-refractivity contribution is 5.17. The summed E-state index contributed by atoms with van der Waals surface area (Å²) in [6, 6.07) is 0. The molecule has 0 spiro atoms. The molecule has 0 amide bonds. The summed E-state index contributed by atoms with van der Waals surface area (Å²) >= 11 is 0. The maximum Gasteiger partial charge on any atom is 0.294 e. The van der Waals surface area contributed by atoms with E-state index >= 15 is 0 Å². The minimum Gasteiger partial charge on any atom is -0.390 e. The van der Waals surface area contributed by atoms with E-state index in [1.54, 1.807) is 13.8 Å². The van der Waals surface area contributed by atoms with Crippen molar-refractivity contribution in [3.05, 3.63) is 10.1 Å². The second-order valence-corrected chi connectivity index (χ2v) is 6.14. The number of rotatable bonds is 7. The Balaban J connectivity index is 1.91. The van der Waals surface area contributed by atoms with Crippen LogP contribution in [0.4, 0.5) is 0 Å². The van der Waals surface area contributed by atoms with E-state index in [9.17, 15) is 25.4 Å². The molecule has 3 N–H and O–H groups in total. The van der Waals surface area contributed by atoms with Gasteiger partial charge in [-0.25, -0.2) is 0 Å². The summed E-state index contributed by atoms with van der Waals surface area (Å²) in [5, 5.41) is 40.3. The van der Waals surface area contributed by atoms with Gasteiger partial charge in [-0.05, 0) is 33.1 Å². The van der Waals surface area contributed by atoms with Gasteiger partial charge in [-0.15, -0.1) is 10.1 Å². The van der Waals surface area contributed by atoms with Crippen LogP contribution in [0.5, 0.6) is 0 Å². The topological polar surface area (TPSA) is 132 Å². The van der Waals surface area contributed by atoms with Crippen LogP contribution >= 0.6 is 0 Å². The molecule has 22 heavy (non-hydrogen) atoms. The van der Waals surface area contributed by atoms with Gasteiger partial charge in [0.05, 0.1) is 25.4 Å². The van der Waals surface area contributed by atoms with Crippen molar-refractivity contribution in [3.8, 4) is 0 Å². The predicted octanol–water partition coefficient (Wildman–Crippen LogP) is -0.606. The Kier molecular flexibility index (Phi) is 4.93. The van der Waals surface area contributed by atoms with Gasteiger partial charge in [0, 0.05) is 0 Å². The minimum absolute atomic E-state index is 0.0548. The van der Waals surface area contributed by atoms with Crippen molar-refractivity contribution in [1.29, 1.82) is 0 Å². The Bertz CT molecular complexity index is 421. The first-order chi connectivity index (χ1) is 10.2. The summed E-state index contributed by atoms with van der Waals surface area (Å²) < 4.78 is 11.1. The second kappa shape index (κ2) is 6.25. The van der Waals surface area contributed by atoms with Crippen LogP contribution in [0.25, 0.3) is 0 Å². The average Bonchev–Trinajstić information content (AvgIpc) is 2.82. The molecule has 0 radical (unpaired) electrons. The van der Waals surface area contributed by atoms with Crippen molar-refractivity contribution in [2.75, 3.05) is 13.2 Å². The standard InChI is InChI=1S/C13H23NO8/c1-8-10(16)11-12(2,22-8)13(17,7-20-11)9(15)5-3-4-6-21-14(18)19/h8-11,15-17H,3-7H2,1-2H3/t8?,9?,10-,11-,12+,13+/m1/s1. The summed E-state index contributed by atoms with van der Waals surface area (Å²) in [7, 11) is 0. The average molecular weight is 321 g/mol. The van der Waals surface area contributed by atoms with Gasteiger partial charge in [-0.2, -0.15) is 0 Å². The van der Waals surface area contributed by atoms with E-state index in [2.05, 4.69) is 4.84 Å². The van der Waals surface area contributed by atoms with Gasteiger partial charge in [-0.3, -0.25) is 0 Å². The summed E-state index contributed by atoms with van der Waals surface area (Å²) in [5.74, 6) is 0. The van der Waals surface area contributed by atoms with Gasteiger partial charge in [-0.1, -0.05) is 0 Å². The molecule has 6 atom stereocenters. The summed E-state index contributed by atoms with van der Waals surface area (Å²) in [5.41, 5.74) is -2.82. The summed E-state index contributed by atoms with van der Waals surface area (Å²) in [6.07, 6.45) is -2.14. The lowest BCUT2D eigenvalue weighted by atomic mass is 9.77. The molecule has 128 valence electrons. The molecule has 2 fully saturated rings. The monoisotopic (exact) mass is 321 g/mol. The first-order valence-corrected chi connectivity index (χ1v) is 7.37. The van der Waals surface area contributed by atoms with Gasteiger partial charge < -0.3 is 29.6 Å². The van der Waals surface area contributed by atoms with Crippen molar-refractivity contribution in [2.24, 2.45) is 0 Å². The smallest absolute Gasteiger partial charge is 0.294 e. The molecule has 0 saturated carbocycles. The lowest BCUT2D eigenvalue weighted by molar-refractivity contribution is -0.757. The zero-order valence-corrected chi connectivity index (χ0v) is 12.7. The zero-order chi connectivity index (χ0) is 16.5. The third-order valence-electron chi connectivity index (χ3n) is 4.73. The maximum atomic E-state index is 10.8. The highest BCUT2D eigenvalue weighted by Gasteiger charge is 2.68. The van der Waals surface area contributed by atoms with E-state index in [1.165, 1.54) is 0 Å². The van der Waals surface area contributed by atoms with Crippen molar-refractivity contribution in [3.63, 3.8) is 0 Å². The van der Waals surface area contributed by atoms with E-state index in [0.717, 1.165) is 0 Å². The lowest BCUT2D eigenvalue weighted by Crippen LogP contribution is -2.61. The Labute approximate surface area is 127 Å². The van der Waals surface area contributed by atoms with Crippen LogP contribution in [0.2, 0.25) is 0 Å². The van der Waals surface area contributed by atoms with Crippen molar-refractivity contribution >= 4 is 0 Å². The van der Waals surface area contributed by atoms with E-state index < -0.39 is 40.7 Å². The van der Waals surface area contributed by atoms with Gasteiger partial charge in [0.25, 0.3) is 5.09 Å². The second-order valence-electron chi connectivity index (χ2n) is 6.14. The fraction of sp³-hybridized carbons (Fsp3) is 1.00. The summed E-state index contributed by atoms with van der Waals surface area (Å²) in [6.45, 7) is 3.11.